The molecule has 1 saturated heterocycles. The van der Waals surface area contributed by atoms with Crippen molar-refractivity contribution in [1.29, 1.82) is 0 Å². The molecule has 0 radical (unpaired) electrons. The van der Waals surface area contributed by atoms with Crippen molar-refractivity contribution in [3.8, 4) is 0 Å². The summed E-state index contributed by atoms with van der Waals surface area (Å²) in [5, 5.41) is 13.6. The Morgan fingerprint density at radius 1 is 1.22 bits per heavy atom. The van der Waals surface area contributed by atoms with Gasteiger partial charge >= 0.3 is 0 Å². The molecule has 0 aliphatic carbocycles. The van der Waals surface area contributed by atoms with E-state index in [2.05, 4.69) is 58.7 Å². The number of piperazine rings is 1. The number of aromatic nitrogens is 4. The van der Waals surface area contributed by atoms with E-state index in [4.69, 9.17) is 11.6 Å². The second-order valence-electron chi connectivity index (χ2n) is 7.66. The molecule has 146 valence electrons. The quantitative estimate of drug-likeness (QED) is 0.680. The van der Waals surface area contributed by atoms with Gasteiger partial charge in [-0.05, 0) is 42.3 Å². The summed E-state index contributed by atoms with van der Waals surface area (Å²) in [6.45, 7) is 15.1. The van der Waals surface area contributed by atoms with Crippen molar-refractivity contribution in [2.24, 2.45) is 0 Å². The molecule has 1 aliphatic rings. The molecular formula is C20H29ClN6. The molecule has 3 rings (SSSR count). The van der Waals surface area contributed by atoms with Gasteiger partial charge in [0, 0.05) is 37.7 Å². The van der Waals surface area contributed by atoms with Crippen LogP contribution in [0.3, 0.4) is 0 Å². The zero-order valence-electron chi connectivity index (χ0n) is 16.5. The number of hydrogen-bond acceptors (Lipinski definition) is 5. The first-order valence-electron chi connectivity index (χ1n) is 9.58. The monoisotopic (exact) mass is 388 g/mol. The minimum absolute atomic E-state index is 0.0644. The van der Waals surface area contributed by atoms with Crippen LogP contribution in [0.2, 0.25) is 5.02 Å². The van der Waals surface area contributed by atoms with Crippen LogP contribution in [0.15, 0.2) is 36.9 Å². The maximum Gasteiger partial charge on any atom is 0.173 e. The van der Waals surface area contributed by atoms with Crippen LogP contribution in [0.1, 0.15) is 44.6 Å². The van der Waals surface area contributed by atoms with Crippen molar-refractivity contribution in [3.05, 3.63) is 53.3 Å². The van der Waals surface area contributed by atoms with Gasteiger partial charge in [0.1, 0.15) is 0 Å². The molecule has 2 aromatic rings. The van der Waals surface area contributed by atoms with Gasteiger partial charge in [-0.3, -0.25) is 9.80 Å². The fourth-order valence-electron chi connectivity index (χ4n) is 3.53. The third-order valence-corrected chi connectivity index (χ3v) is 5.88. The molecule has 0 spiro atoms. The zero-order valence-corrected chi connectivity index (χ0v) is 17.2. The average Bonchev–Trinajstić information content (AvgIpc) is 3.15. The number of nitrogens with zero attached hydrogens (tertiary/aromatic N) is 6. The Balaban J connectivity index is 1.99. The number of tetrazole rings is 1. The average molecular weight is 389 g/mol. The lowest BCUT2D eigenvalue weighted by atomic mass is 9.99. The van der Waals surface area contributed by atoms with Crippen LogP contribution in [-0.2, 0) is 5.54 Å². The van der Waals surface area contributed by atoms with Crippen LogP contribution in [0.4, 0.5) is 0 Å². The highest BCUT2D eigenvalue weighted by molar-refractivity contribution is 6.31. The summed E-state index contributed by atoms with van der Waals surface area (Å²) in [5.41, 5.74) is 0.891. The minimum Gasteiger partial charge on any atom is -0.297 e. The van der Waals surface area contributed by atoms with E-state index in [1.54, 1.807) is 0 Å². The molecule has 1 aromatic heterocycles. The van der Waals surface area contributed by atoms with Crippen LogP contribution < -0.4 is 0 Å². The van der Waals surface area contributed by atoms with Gasteiger partial charge in [0.2, 0.25) is 0 Å². The van der Waals surface area contributed by atoms with E-state index in [0.29, 0.717) is 0 Å². The topological polar surface area (TPSA) is 50.1 Å². The van der Waals surface area contributed by atoms with Crippen molar-refractivity contribution in [1.82, 2.24) is 30.0 Å². The first-order valence-corrected chi connectivity index (χ1v) is 9.96. The smallest absolute Gasteiger partial charge is 0.173 e. The summed E-state index contributed by atoms with van der Waals surface area (Å²) in [6.07, 6.45) is 2.90. The van der Waals surface area contributed by atoms with Crippen LogP contribution in [0.25, 0.3) is 0 Å². The Bertz CT molecular complexity index is 763. The number of benzene rings is 1. The van der Waals surface area contributed by atoms with Crippen LogP contribution in [0.5, 0.6) is 0 Å². The molecule has 0 bridgehead atoms. The van der Waals surface area contributed by atoms with E-state index in [-0.39, 0.29) is 11.6 Å². The molecule has 1 atom stereocenters. The Morgan fingerprint density at radius 2 is 1.93 bits per heavy atom. The summed E-state index contributed by atoms with van der Waals surface area (Å²) >= 11 is 6.61. The maximum atomic E-state index is 6.61. The van der Waals surface area contributed by atoms with E-state index in [1.165, 1.54) is 0 Å². The standard InChI is InChI=1S/C20H29ClN6/c1-5-11-25-12-14-26(15-13-25)18(16-9-7-8-10-17(16)21)19-22-23-24-27(19)20(3,4)6-2/h5,7-10,18H,1,6,11-15H2,2-4H3/t18-/m0/s1. The Labute approximate surface area is 166 Å². The van der Waals surface area contributed by atoms with Gasteiger partial charge in [0.25, 0.3) is 0 Å². The Hall–Kier alpha value is -1.76. The highest BCUT2D eigenvalue weighted by atomic mass is 35.5. The predicted octanol–water partition coefficient (Wildman–Crippen LogP) is 3.36. The van der Waals surface area contributed by atoms with Crippen molar-refractivity contribution in [2.45, 2.75) is 38.8 Å². The lowest BCUT2D eigenvalue weighted by Gasteiger charge is -2.39. The van der Waals surface area contributed by atoms with Crippen molar-refractivity contribution in [3.63, 3.8) is 0 Å². The summed E-state index contributed by atoms with van der Waals surface area (Å²) in [5.74, 6) is 0.854. The van der Waals surface area contributed by atoms with E-state index < -0.39 is 0 Å². The molecule has 0 unspecified atom stereocenters. The van der Waals surface area contributed by atoms with E-state index in [0.717, 1.165) is 55.6 Å². The predicted molar refractivity (Wildman–Crippen MR) is 109 cm³/mol. The summed E-state index contributed by atoms with van der Waals surface area (Å²) in [7, 11) is 0. The summed E-state index contributed by atoms with van der Waals surface area (Å²) in [6, 6.07) is 7.95. The van der Waals surface area contributed by atoms with Crippen molar-refractivity contribution in [2.75, 3.05) is 32.7 Å². The highest BCUT2D eigenvalue weighted by Crippen LogP contribution is 2.34. The number of halogens is 1. The molecule has 0 saturated carbocycles. The molecule has 2 heterocycles. The molecule has 1 fully saturated rings. The van der Waals surface area contributed by atoms with Gasteiger partial charge in [-0.25, -0.2) is 4.68 Å². The van der Waals surface area contributed by atoms with Crippen LogP contribution >= 0.6 is 11.6 Å². The van der Waals surface area contributed by atoms with Crippen molar-refractivity contribution < 1.29 is 0 Å². The van der Waals surface area contributed by atoms with E-state index >= 15 is 0 Å². The third-order valence-electron chi connectivity index (χ3n) is 5.54. The molecule has 27 heavy (non-hydrogen) atoms. The summed E-state index contributed by atoms with van der Waals surface area (Å²) < 4.78 is 1.97. The SMILES string of the molecule is C=CCN1CCN([C@@H](c2ccccc2Cl)c2nnnn2C(C)(C)CC)CC1. The van der Waals surface area contributed by atoms with Gasteiger partial charge < -0.3 is 0 Å². The molecule has 6 nitrogen and oxygen atoms in total. The van der Waals surface area contributed by atoms with Gasteiger partial charge in [-0.2, -0.15) is 0 Å². The second-order valence-corrected chi connectivity index (χ2v) is 8.07. The van der Waals surface area contributed by atoms with Crippen LogP contribution in [-0.4, -0.2) is 62.7 Å². The summed E-state index contributed by atoms with van der Waals surface area (Å²) in [4.78, 5) is 4.85. The first-order chi connectivity index (χ1) is 13.0. The fraction of sp³-hybridized carbons (Fsp3) is 0.550. The van der Waals surface area contributed by atoms with Gasteiger partial charge in [0.05, 0.1) is 11.6 Å². The van der Waals surface area contributed by atoms with E-state index in [1.807, 2.05) is 29.0 Å². The normalized spacial score (nSPS) is 17.8. The van der Waals surface area contributed by atoms with Gasteiger partial charge in [-0.15, -0.1) is 11.7 Å². The molecule has 0 N–H and O–H groups in total. The fourth-order valence-corrected chi connectivity index (χ4v) is 3.77. The lowest BCUT2D eigenvalue weighted by molar-refractivity contribution is 0.109. The molecule has 0 amide bonds. The number of rotatable bonds is 7. The molecule has 1 aliphatic heterocycles. The molecule has 1 aromatic carbocycles. The third kappa shape index (κ3) is 4.23. The number of hydrogen-bond donors (Lipinski definition) is 0. The molecule has 7 heteroatoms. The Morgan fingerprint density at radius 3 is 2.56 bits per heavy atom. The molecular weight excluding hydrogens is 360 g/mol. The first kappa shape index (κ1) is 20.0. The largest absolute Gasteiger partial charge is 0.297 e. The van der Waals surface area contributed by atoms with Crippen molar-refractivity contribution >= 4 is 11.6 Å². The van der Waals surface area contributed by atoms with Crippen LogP contribution in [0, 0.1) is 0 Å². The Kier molecular flexibility index (Phi) is 6.29. The van der Waals surface area contributed by atoms with E-state index in [9.17, 15) is 0 Å². The maximum absolute atomic E-state index is 6.61. The lowest BCUT2D eigenvalue weighted by Crippen LogP contribution is -2.48. The second kappa shape index (κ2) is 8.50. The zero-order chi connectivity index (χ0) is 19.4. The van der Waals surface area contributed by atoms with Gasteiger partial charge in [-0.1, -0.05) is 42.8 Å². The van der Waals surface area contributed by atoms with Gasteiger partial charge in [0.15, 0.2) is 5.82 Å². The minimum atomic E-state index is -0.164. The highest BCUT2D eigenvalue weighted by Gasteiger charge is 2.34.